The van der Waals surface area contributed by atoms with E-state index in [4.69, 9.17) is 17.0 Å². The molecule has 2 aromatic heterocycles. The third-order valence-corrected chi connectivity index (χ3v) is 8.82. The molecule has 0 aliphatic carbocycles. The van der Waals surface area contributed by atoms with Crippen molar-refractivity contribution < 1.29 is 17.9 Å². The smallest absolute Gasteiger partial charge is 0.267 e. The maximum absolute atomic E-state index is 13.4. The first-order valence-corrected chi connectivity index (χ1v) is 14.5. The Labute approximate surface area is 213 Å². The number of pyridine rings is 1. The Hall–Kier alpha value is -2.28. The number of carbonyl (C=O) groups excluding carboxylic acids is 1. The topological polar surface area (TPSA) is 110 Å². The van der Waals surface area contributed by atoms with Gasteiger partial charge in [-0.25, -0.2) is 13.4 Å². The van der Waals surface area contributed by atoms with Crippen molar-refractivity contribution in [1.82, 2.24) is 14.3 Å². The predicted molar refractivity (Wildman–Crippen MR) is 142 cm³/mol. The number of amides is 1. The van der Waals surface area contributed by atoms with E-state index in [-0.39, 0.29) is 39.5 Å². The van der Waals surface area contributed by atoms with Crippen LogP contribution < -0.4 is 10.9 Å². The van der Waals surface area contributed by atoms with Crippen molar-refractivity contribution in [2.75, 3.05) is 30.0 Å². The maximum Gasteiger partial charge on any atom is 0.267 e. The number of nitrogens with one attached hydrogen (secondary N) is 1. The summed E-state index contributed by atoms with van der Waals surface area (Å²) in [5, 5.41) is 3.22. The van der Waals surface area contributed by atoms with Gasteiger partial charge in [0.15, 0.2) is 9.84 Å². The van der Waals surface area contributed by atoms with E-state index in [0.717, 1.165) is 17.3 Å². The number of aromatic nitrogens is 2. The van der Waals surface area contributed by atoms with E-state index in [1.165, 1.54) is 15.4 Å². The van der Waals surface area contributed by atoms with Gasteiger partial charge in [-0.1, -0.05) is 30.0 Å². The summed E-state index contributed by atoms with van der Waals surface area (Å²) < 4.78 is 31.2. The summed E-state index contributed by atoms with van der Waals surface area (Å²) in [5.41, 5.74) is 1.32. The van der Waals surface area contributed by atoms with Crippen LogP contribution in [0, 0.1) is 6.92 Å². The summed E-state index contributed by atoms with van der Waals surface area (Å²) in [6.07, 6.45) is 4.42. The molecular formula is C23H28N4O5S3. The molecule has 35 heavy (non-hydrogen) atoms. The van der Waals surface area contributed by atoms with Crippen LogP contribution in [0.25, 0.3) is 11.7 Å². The number of rotatable bonds is 8. The van der Waals surface area contributed by atoms with Crippen LogP contribution in [-0.4, -0.2) is 69.7 Å². The van der Waals surface area contributed by atoms with E-state index < -0.39 is 15.9 Å². The molecule has 188 valence electrons. The van der Waals surface area contributed by atoms with Crippen molar-refractivity contribution in [2.24, 2.45) is 0 Å². The molecule has 0 saturated carbocycles. The normalized spacial score (nSPS) is 21.1. The minimum absolute atomic E-state index is 0.0393. The van der Waals surface area contributed by atoms with Gasteiger partial charge >= 0.3 is 0 Å². The average Bonchev–Trinajstić information content (AvgIpc) is 3.27. The zero-order valence-electron chi connectivity index (χ0n) is 19.8. The van der Waals surface area contributed by atoms with Crippen LogP contribution in [-0.2, 0) is 19.4 Å². The molecule has 2 aromatic rings. The highest BCUT2D eigenvalue weighted by atomic mass is 32.2. The number of fused-ring (bicyclic) bond motifs is 1. The lowest BCUT2D eigenvalue weighted by Gasteiger charge is -2.20. The first kappa shape index (κ1) is 25.8. The largest absolute Gasteiger partial charge is 0.379 e. The third-order valence-electron chi connectivity index (χ3n) is 5.74. The molecule has 0 bridgehead atoms. The highest BCUT2D eigenvalue weighted by Crippen LogP contribution is 2.36. The van der Waals surface area contributed by atoms with Crippen LogP contribution in [0.2, 0.25) is 0 Å². The Kier molecular flexibility index (Phi) is 7.65. The standard InChI is InChI=1S/C23H28N4O5S3/c1-14(2)32-9-4-8-24-20-17(21(28)26-12-15(3)5-6-19(26)25-20)11-18-22(29)27(23(33)34-18)16-7-10-35(30,31)13-16/h5-6,11-12,14,16,24H,4,7-10,13H2,1-3H3/b18-11-/t16-/m0/s1. The van der Waals surface area contributed by atoms with Crippen molar-refractivity contribution >= 4 is 61.6 Å². The first-order valence-electron chi connectivity index (χ1n) is 11.4. The summed E-state index contributed by atoms with van der Waals surface area (Å²) in [7, 11) is -3.18. The van der Waals surface area contributed by atoms with E-state index in [2.05, 4.69) is 10.3 Å². The maximum atomic E-state index is 13.4. The monoisotopic (exact) mass is 536 g/mol. The second kappa shape index (κ2) is 10.4. The minimum atomic E-state index is -3.18. The molecule has 2 fully saturated rings. The molecule has 12 heteroatoms. The molecule has 0 unspecified atom stereocenters. The summed E-state index contributed by atoms with van der Waals surface area (Å²) in [4.78, 5) is 32.9. The Morgan fingerprint density at radius 1 is 1.34 bits per heavy atom. The summed E-state index contributed by atoms with van der Waals surface area (Å²) in [5.74, 6) is -0.0704. The Balaban J connectivity index is 1.67. The van der Waals surface area contributed by atoms with Gasteiger partial charge in [0.2, 0.25) is 0 Å². The zero-order valence-corrected chi connectivity index (χ0v) is 22.3. The average molecular weight is 537 g/mol. The van der Waals surface area contributed by atoms with Crippen molar-refractivity contribution in [3.8, 4) is 0 Å². The molecule has 0 spiro atoms. The summed E-state index contributed by atoms with van der Waals surface area (Å²) in [6, 6.07) is 3.17. The zero-order chi connectivity index (χ0) is 25.3. The molecule has 4 heterocycles. The fourth-order valence-corrected chi connectivity index (χ4v) is 7.11. The number of carbonyl (C=O) groups is 1. The van der Waals surface area contributed by atoms with Gasteiger partial charge in [-0.3, -0.25) is 18.9 Å². The van der Waals surface area contributed by atoms with Gasteiger partial charge in [0.25, 0.3) is 11.5 Å². The Morgan fingerprint density at radius 3 is 2.80 bits per heavy atom. The third kappa shape index (κ3) is 5.76. The van der Waals surface area contributed by atoms with Gasteiger partial charge in [-0.2, -0.15) is 0 Å². The van der Waals surface area contributed by atoms with Crippen LogP contribution in [0.5, 0.6) is 0 Å². The van der Waals surface area contributed by atoms with Gasteiger partial charge in [0.1, 0.15) is 15.8 Å². The predicted octanol–water partition coefficient (Wildman–Crippen LogP) is 2.62. The molecule has 2 saturated heterocycles. The van der Waals surface area contributed by atoms with Gasteiger partial charge in [0.05, 0.1) is 34.1 Å². The Bertz CT molecular complexity index is 1370. The number of anilines is 1. The molecule has 4 rings (SSSR count). The van der Waals surface area contributed by atoms with E-state index in [1.54, 1.807) is 12.3 Å². The molecule has 0 aromatic carbocycles. The molecule has 0 radical (unpaired) electrons. The van der Waals surface area contributed by atoms with Crippen LogP contribution in [0.3, 0.4) is 0 Å². The number of ether oxygens (including phenoxy) is 1. The van der Waals surface area contributed by atoms with E-state index in [9.17, 15) is 18.0 Å². The number of hydrogen-bond donors (Lipinski definition) is 1. The van der Waals surface area contributed by atoms with E-state index >= 15 is 0 Å². The minimum Gasteiger partial charge on any atom is -0.379 e. The fraction of sp³-hybridized carbons (Fsp3) is 0.478. The molecule has 2 aliphatic heterocycles. The van der Waals surface area contributed by atoms with Gasteiger partial charge in [0, 0.05) is 19.3 Å². The lowest BCUT2D eigenvalue weighted by molar-refractivity contribution is -0.123. The number of aryl methyl sites for hydroxylation is 1. The van der Waals surface area contributed by atoms with Crippen LogP contribution in [0.15, 0.2) is 28.0 Å². The molecule has 2 aliphatic rings. The summed E-state index contributed by atoms with van der Waals surface area (Å²) in [6.45, 7) is 6.91. The number of thiocarbonyl (C=S) groups is 1. The number of hydrogen-bond acceptors (Lipinski definition) is 9. The van der Waals surface area contributed by atoms with E-state index in [1.807, 2.05) is 26.8 Å². The molecule has 1 N–H and O–H groups in total. The van der Waals surface area contributed by atoms with Crippen LogP contribution >= 0.6 is 24.0 Å². The van der Waals surface area contributed by atoms with Crippen LogP contribution in [0.1, 0.15) is 37.8 Å². The molecule has 9 nitrogen and oxygen atoms in total. The fourth-order valence-electron chi connectivity index (χ4n) is 4.03. The second-order valence-corrected chi connectivity index (χ2v) is 12.8. The highest BCUT2D eigenvalue weighted by molar-refractivity contribution is 8.26. The first-order chi connectivity index (χ1) is 16.6. The summed E-state index contributed by atoms with van der Waals surface area (Å²) >= 11 is 6.48. The number of sulfone groups is 1. The van der Waals surface area contributed by atoms with Crippen molar-refractivity contribution in [3.63, 3.8) is 0 Å². The van der Waals surface area contributed by atoms with Gasteiger partial charge < -0.3 is 10.1 Å². The van der Waals surface area contributed by atoms with E-state index in [0.29, 0.717) is 41.8 Å². The Morgan fingerprint density at radius 2 is 2.11 bits per heavy atom. The lowest BCUT2D eigenvalue weighted by atomic mass is 10.2. The number of nitrogens with zero attached hydrogens (tertiary/aromatic N) is 3. The van der Waals surface area contributed by atoms with Crippen LogP contribution in [0.4, 0.5) is 5.82 Å². The second-order valence-electron chi connectivity index (χ2n) is 8.92. The highest BCUT2D eigenvalue weighted by Gasteiger charge is 2.42. The van der Waals surface area contributed by atoms with Gasteiger partial charge in [-0.05, 0) is 51.3 Å². The molecule has 1 amide bonds. The van der Waals surface area contributed by atoms with Gasteiger partial charge in [-0.15, -0.1) is 0 Å². The van der Waals surface area contributed by atoms with Crippen molar-refractivity contribution in [3.05, 3.63) is 44.7 Å². The quantitative estimate of drug-likeness (QED) is 0.309. The number of thioether (sulfide) groups is 1. The van der Waals surface area contributed by atoms with Crippen molar-refractivity contribution in [1.29, 1.82) is 0 Å². The molecule has 1 atom stereocenters. The lowest BCUT2D eigenvalue weighted by Crippen LogP contribution is -2.39. The molecular weight excluding hydrogens is 508 g/mol. The SMILES string of the molecule is Cc1ccc2nc(NCCCOC(C)C)c(/C=C3\SC(=S)N([C@H]4CCS(=O)(=O)C4)C3=O)c(=O)n2c1. The van der Waals surface area contributed by atoms with Crippen molar-refractivity contribution in [2.45, 2.75) is 45.8 Å².